The van der Waals surface area contributed by atoms with Crippen LogP contribution in [0.4, 0.5) is 0 Å². The molecule has 1 aliphatic rings. The van der Waals surface area contributed by atoms with E-state index in [4.69, 9.17) is 4.74 Å². The summed E-state index contributed by atoms with van der Waals surface area (Å²) >= 11 is 0. The summed E-state index contributed by atoms with van der Waals surface area (Å²) in [7, 11) is 0. The highest BCUT2D eigenvalue weighted by atomic mass is 16.5. The van der Waals surface area contributed by atoms with Crippen LogP contribution in [0.25, 0.3) is 0 Å². The zero-order valence-electron chi connectivity index (χ0n) is 9.47. The second kappa shape index (κ2) is 4.61. The molecule has 1 aliphatic heterocycles. The van der Waals surface area contributed by atoms with Crippen LogP contribution in [0.3, 0.4) is 0 Å². The van der Waals surface area contributed by atoms with Gasteiger partial charge < -0.3 is 4.74 Å². The van der Waals surface area contributed by atoms with Gasteiger partial charge in [-0.1, -0.05) is 38.2 Å². The molecule has 0 aromatic rings. The summed E-state index contributed by atoms with van der Waals surface area (Å²) in [6.07, 6.45) is 8.42. The van der Waals surface area contributed by atoms with Crippen molar-refractivity contribution in [1.29, 1.82) is 0 Å². The molecule has 1 unspecified atom stereocenters. The average molecular weight is 192 g/mol. The van der Waals surface area contributed by atoms with E-state index in [9.17, 15) is 0 Å². The first-order valence-electron chi connectivity index (χ1n) is 5.29. The number of hydrogen-bond acceptors (Lipinski definition) is 1. The van der Waals surface area contributed by atoms with Crippen molar-refractivity contribution >= 4 is 0 Å². The largest absolute Gasteiger partial charge is 0.366 e. The highest BCUT2D eigenvalue weighted by Gasteiger charge is 2.35. The maximum absolute atomic E-state index is 5.80. The standard InChI is InChI=1S/C13H20O/c1-5-7-8-12-11(3)10-14-13(12,4)9-6-2/h5,7-8H,3,6,9-10H2,1-2,4H3/b7-5-,12-8+. The molecular formula is C13H20O. The lowest BCUT2D eigenvalue weighted by Gasteiger charge is -2.24. The van der Waals surface area contributed by atoms with Crippen LogP contribution < -0.4 is 0 Å². The van der Waals surface area contributed by atoms with Gasteiger partial charge in [0.25, 0.3) is 0 Å². The smallest absolute Gasteiger partial charge is 0.0911 e. The van der Waals surface area contributed by atoms with E-state index in [1.54, 1.807) is 0 Å². The Morgan fingerprint density at radius 1 is 1.57 bits per heavy atom. The molecule has 0 aromatic heterocycles. The molecule has 0 N–H and O–H groups in total. The van der Waals surface area contributed by atoms with Gasteiger partial charge in [0, 0.05) is 0 Å². The molecule has 0 saturated carbocycles. The van der Waals surface area contributed by atoms with Crippen LogP contribution in [-0.2, 0) is 4.74 Å². The number of hydrogen-bond donors (Lipinski definition) is 0. The topological polar surface area (TPSA) is 9.23 Å². The molecule has 0 aromatic carbocycles. The minimum Gasteiger partial charge on any atom is -0.366 e. The lowest BCUT2D eigenvalue weighted by molar-refractivity contribution is 0.0352. The van der Waals surface area contributed by atoms with Gasteiger partial charge in [-0.3, -0.25) is 0 Å². The van der Waals surface area contributed by atoms with E-state index in [2.05, 4.69) is 32.6 Å². The van der Waals surface area contributed by atoms with Gasteiger partial charge in [0.15, 0.2) is 0 Å². The van der Waals surface area contributed by atoms with Crippen LogP contribution in [0.15, 0.2) is 36.0 Å². The fourth-order valence-corrected chi connectivity index (χ4v) is 1.95. The van der Waals surface area contributed by atoms with Crippen LogP contribution in [0.1, 0.15) is 33.6 Å². The van der Waals surface area contributed by atoms with E-state index >= 15 is 0 Å². The number of ether oxygens (including phenoxy) is 1. The predicted octanol–water partition coefficient (Wildman–Crippen LogP) is 3.63. The van der Waals surface area contributed by atoms with Gasteiger partial charge in [-0.05, 0) is 31.4 Å². The third-order valence-electron chi connectivity index (χ3n) is 2.70. The first-order chi connectivity index (χ1) is 6.64. The Hall–Kier alpha value is -0.820. The van der Waals surface area contributed by atoms with Crippen LogP contribution in [0.2, 0.25) is 0 Å². The lowest BCUT2D eigenvalue weighted by atomic mass is 9.89. The fraction of sp³-hybridized carbons (Fsp3) is 0.538. The molecule has 14 heavy (non-hydrogen) atoms. The molecule has 1 heteroatoms. The zero-order valence-corrected chi connectivity index (χ0v) is 9.47. The van der Waals surface area contributed by atoms with E-state index in [0.717, 1.165) is 18.4 Å². The Bertz CT molecular complexity index is 273. The SMILES string of the molecule is C=C1COC(C)(CCC)/C1=C/C=C\C. The summed E-state index contributed by atoms with van der Waals surface area (Å²) in [4.78, 5) is 0. The average Bonchev–Trinajstić information content (AvgIpc) is 2.41. The molecule has 1 rings (SSSR count). The van der Waals surface area contributed by atoms with Crippen LogP contribution in [-0.4, -0.2) is 12.2 Å². The summed E-state index contributed by atoms with van der Waals surface area (Å²) in [5.41, 5.74) is 2.28. The van der Waals surface area contributed by atoms with Crippen LogP contribution in [0.5, 0.6) is 0 Å². The van der Waals surface area contributed by atoms with Crippen molar-refractivity contribution in [2.45, 2.75) is 39.2 Å². The Balaban J connectivity index is 2.91. The van der Waals surface area contributed by atoms with Gasteiger partial charge in [-0.25, -0.2) is 0 Å². The van der Waals surface area contributed by atoms with Crippen molar-refractivity contribution in [2.75, 3.05) is 6.61 Å². The van der Waals surface area contributed by atoms with Crippen molar-refractivity contribution in [3.05, 3.63) is 36.0 Å². The van der Waals surface area contributed by atoms with Crippen LogP contribution >= 0.6 is 0 Å². The van der Waals surface area contributed by atoms with Gasteiger partial charge in [-0.2, -0.15) is 0 Å². The normalized spacial score (nSPS) is 30.8. The number of allylic oxidation sites excluding steroid dienone is 3. The summed E-state index contributed by atoms with van der Waals surface area (Å²) in [6.45, 7) is 11.1. The molecule has 0 bridgehead atoms. The molecule has 0 spiro atoms. The summed E-state index contributed by atoms with van der Waals surface area (Å²) in [5.74, 6) is 0. The fourth-order valence-electron chi connectivity index (χ4n) is 1.95. The third-order valence-corrected chi connectivity index (χ3v) is 2.70. The predicted molar refractivity (Wildman–Crippen MR) is 61.3 cm³/mol. The second-order valence-corrected chi connectivity index (χ2v) is 3.98. The maximum Gasteiger partial charge on any atom is 0.0911 e. The van der Waals surface area contributed by atoms with E-state index in [1.165, 1.54) is 5.57 Å². The van der Waals surface area contributed by atoms with Gasteiger partial charge in [0.1, 0.15) is 0 Å². The molecule has 1 saturated heterocycles. The first kappa shape index (κ1) is 11.3. The van der Waals surface area contributed by atoms with E-state index < -0.39 is 0 Å². The Kier molecular flexibility index (Phi) is 3.70. The lowest BCUT2D eigenvalue weighted by Crippen LogP contribution is -2.24. The molecule has 0 aliphatic carbocycles. The Labute approximate surface area is 87.2 Å². The molecule has 1 atom stereocenters. The molecular weight excluding hydrogens is 172 g/mol. The monoisotopic (exact) mass is 192 g/mol. The van der Waals surface area contributed by atoms with Crippen molar-refractivity contribution in [1.82, 2.24) is 0 Å². The Morgan fingerprint density at radius 3 is 2.86 bits per heavy atom. The van der Waals surface area contributed by atoms with Gasteiger partial charge >= 0.3 is 0 Å². The van der Waals surface area contributed by atoms with E-state index in [1.807, 2.05) is 13.0 Å². The highest BCUT2D eigenvalue weighted by molar-refractivity contribution is 5.42. The van der Waals surface area contributed by atoms with Crippen LogP contribution in [0, 0.1) is 0 Å². The van der Waals surface area contributed by atoms with Crippen molar-refractivity contribution in [3.8, 4) is 0 Å². The van der Waals surface area contributed by atoms with Gasteiger partial charge in [0.05, 0.1) is 12.2 Å². The molecule has 78 valence electrons. The van der Waals surface area contributed by atoms with Gasteiger partial charge in [0.2, 0.25) is 0 Å². The van der Waals surface area contributed by atoms with Crippen molar-refractivity contribution in [3.63, 3.8) is 0 Å². The third kappa shape index (κ3) is 2.16. The molecule has 1 heterocycles. The Morgan fingerprint density at radius 2 is 2.29 bits per heavy atom. The molecule has 1 nitrogen and oxygen atoms in total. The van der Waals surface area contributed by atoms with E-state index in [0.29, 0.717) is 6.61 Å². The maximum atomic E-state index is 5.80. The summed E-state index contributed by atoms with van der Waals surface area (Å²) < 4.78 is 5.80. The zero-order chi connectivity index (χ0) is 10.6. The quantitative estimate of drug-likeness (QED) is 0.663. The summed E-state index contributed by atoms with van der Waals surface area (Å²) in [6, 6.07) is 0. The molecule has 1 fully saturated rings. The molecule has 0 amide bonds. The highest BCUT2D eigenvalue weighted by Crippen LogP contribution is 2.37. The van der Waals surface area contributed by atoms with E-state index in [-0.39, 0.29) is 5.60 Å². The first-order valence-corrected chi connectivity index (χ1v) is 5.29. The minimum atomic E-state index is -0.106. The van der Waals surface area contributed by atoms with Crippen molar-refractivity contribution < 1.29 is 4.74 Å². The second-order valence-electron chi connectivity index (χ2n) is 3.98. The van der Waals surface area contributed by atoms with Gasteiger partial charge in [-0.15, -0.1) is 0 Å². The minimum absolute atomic E-state index is 0.106. The molecule has 0 radical (unpaired) electrons. The number of rotatable bonds is 3. The van der Waals surface area contributed by atoms with Crippen molar-refractivity contribution in [2.24, 2.45) is 0 Å². The summed E-state index contributed by atoms with van der Waals surface area (Å²) in [5, 5.41) is 0.